The van der Waals surface area contributed by atoms with E-state index in [0.717, 1.165) is 36.6 Å². The fourth-order valence-electron chi connectivity index (χ4n) is 8.69. The van der Waals surface area contributed by atoms with E-state index in [2.05, 4.69) is 54.0 Å². The van der Waals surface area contributed by atoms with Gasteiger partial charge in [-0.05, 0) is 91.4 Å². The number of rotatable bonds is 3. The lowest BCUT2D eigenvalue weighted by Gasteiger charge is -2.55. The van der Waals surface area contributed by atoms with Crippen LogP contribution in [0.3, 0.4) is 0 Å². The molecule has 0 saturated heterocycles. The molecule has 3 nitrogen and oxygen atoms in total. The van der Waals surface area contributed by atoms with Gasteiger partial charge in [0.15, 0.2) is 0 Å². The smallest absolute Gasteiger partial charge is 0.139 e. The summed E-state index contributed by atoms with van der Waals surface area (Å²) in [5, 5.41) is 11.6. The van der Waals surface area contributed by atoms with Crippen molar-refractivity contribution in [2.75, 3.05) is 0 Å². The summed E-state index contributed by atoms with van der Waals surface area (Å²) in [6.45, 7) is 4.74. The molecule has 0 aromatic heterocycles. The number of hydrogen-bond acceptors (Lipinski definition) is 3. The first-order valence-corrected chi connectivity index (χ1v) is 13.8. The van der Waals surface area contributed by atoms with Crippen molar-refractivity contribution < 1.29 is 14.7 Å². The summed E-state index contributed by atoms with van der Waals surface area (Å²) < 4.78 is 1.07. The molecule has 5 aliphatic carbocycles. The maximum atomic E-state index is 13.5. The van der Waals surface area contributed by atoms with Crippen molar-refractivity contribution in [2.24, 2.45) is 35.0 Å². The van der Waals surface area contributed by atoms with Crippen molar-refractivity contribution in [3.8, 4) is 0 Å². The molecule has 0 heterocycles. The normalized spacial score (nSPS) is 42.5. The van der Waals surface area contributed by atoms with Gasteiger partial charge in [0.1, 0.15) is 11.6 Å². The Bertz CT molecular complexity index is 1040. The van der Waals surface area contributed by atoms with Crippen LogP contribution in [0.15, 0.2) is 39.9 Å². The van der Waals surface area contributed by atoms with Gasteiger partial charge in [0.05, 0.1) is 5.60 Å². The zero-order valence-corrected chi connectivity index (χ0v) is 21.4. The van der Waals surface area contributed by atoms with E-state index < -0.39 is 5.60 Å². The summed E-state index contributed by atoms with van der Waals surface area (Å²) >= 11 is 3.59. The SMILES string of the molecule is C[C@@H]1C[C@H]2[C@@H]3CC[C@@]4(O)CC(=O)CCC4=C3[C@@H](c3ccc(Br)cc3)C[C@]2(C)[C@H]1C(=O)C1CC1. The third-order valence-electron chi connectivity index (χ3n) is 10.1. The zero-order chi connectivity index (χ0) is 23.1. The lowest BCUT2D eigenvalue weighted by Crippen LogP contribution is -2.50. The van der Waals surface area contributed by atoms with Gasteiger partial charge in [-0.3, -0.25) is 9.59 Å². The van der Waals surface area contributed by atoms with Crippen LogP contribution in [0.25, 0.3) is 0 Å². The van der Waals surface area contributed by atoms with Crippen molar-refractivity contribution in [3.63, 3.8) is 0 Å². The average Bonchev–Trinajstić information content (AvgIpc) is 3.57. The molecule has 176 valence electrons. The highest BCUT2D eigenvalue weighted by atomic mass is 79.9. The van der Waals surface area contributed by atoms with Crippen LogP contribution in [0.4, 0.5) is 0 Å². The molecule has 7 atom stereocenters. The summed E-state index contributed by atoms with van der Waals surface area (Å²) in [6, 6.07) is 8.68. The molecule has 1 N–H and O–H groups in total. The Morgan fingerprint density at radius 1 is 1.12 bits per heavy atom. The van der Waals surface area contributed by atoms with E-state index in [1.54, 1.807) is 0 Å². The van der Waals surface area contributed by atoms with Crippen LogP contribution in [-0.2, 0) is 9.59 Å². The average molecular weight is 512 g/mol. The van der Waals surface area contributed by atoms with Crippen molar-refractivity contribution in [1.29, 1.82) is 0 Å². The van der Waals surface area contributed by atoms with Crippen LogP contribution in [0.1, 0.15) is 83.1 Å². The number of ketones is 2. The minimum absolute atomic E-state index is 0.00546. The quantitative estimate of drug-likeness (QED) is 0.479. The molecule has 4 saturated carbocycles. The van der Waals surface area contributed by atoms with E-state index in [1.165, 1.54) is 16.7 Å². The van der Waals surface area contributed by atoms with E-state index >= 15 is 0 Å². The van der Waals surface area contributed by atoms with Crippen LogP contribution < -0.4 is 0 Å². The van der Waals surface area contributed by atoms with Crippen LogP contribution in [0, 0.1) is 35.0 Å². The number of aliphatic hydroxyl groups is 1. The lowest BCUT2D eigenvalue weighted by atomic mass is 9.50. The number of Topliss-reactive ketones (excluding diaryl/α,β-unsaturated/α-hetero) is 2. The summed E-state index contributed by atoms with van der Waals surface area (Å²) in [5.41, 5.74) is 2.97. The number of halogens is 1. The van der Waals surface area contributed by atoms with Gasteiger partial charge >= 0.3 is 0 Å². The van der Waals surface area contributed by atoms with E-state index in [9.17, 15) is 14.7 Å². The third kappa shape index (κ3) is 3.37. The molecule has 4 fully saturated rings. The number of hydrogen-bond donors (Lipinski definition) is 1. The van der Waals surface area contributed by atoms with Gasteiger partial charge < -0.3 is 5.11 Å². The Hall–Kier alpha value is -1.26. The maximum Gasteiger partial charge on any atom is 0.139 e. The van der Waals surface area contributed by atoms with Gasteiger partial charge in [0.25, 0.3) is 0 Å². The zero-order valence-electron chi connectivity index (χ0n) is 19.8. The molecule has 1 aromatic rings. The topological polar surface area (TPSA) is 54.4 Å². The van der Waals surface area contributed by atoms with Crippen molar-refractivity contribution in [2.45, 2.75) is 83.2 Å². The Morgan fingerprint density at radius 3 is 2.55 bits per heavy atom. The fraction of sp³-hybridized carbons (Fsp3) is 0.655. The van der Waals surface area contributed by atoms with Gasteiger partial charge in [-0.15, -0.1) is 0 Å². The number of fused-ring (bicyclic) bond motifs is 4. The van der Waals surface area contributed by atoms with E-state index in [0.29, 0.717) is 48.7 Å². The van der Waals surface area contributed by atoms with Gasteiger partial charge in [0.2, 0.25) is 0 Å². The van der Waals surface area contributed by atoms with Gasteiger partial charge in [0, 0.05) is 35.1 Å². The molecule has 33 heavy (non-hydrogen) atoms. The highest BCUT2D eigenvalue weighted by Gasteiger charge is 2.62. The Kier molecular flexibility index (Phi) is 5.13. The molecule has 1 aromatic carbocycles. The summed E-state index contributed by atoms with van der Waals surface area (Å²) in [4.78, 5) is 25.9. The van der Waals surface area contributed by atoms with E-state index in [-0.39, 0.29) is 29.5 Å². The molecule has 0 amide bonds. The fourth-order valence-corrected chi connectivity index (χ4v) is 8.95. The summed E-state index contributed by atoms with van der Waals surface area (Å²) in [5.74, 6) is 2.76. The van der Waals surface area contributed by atoms with Gasteiger partial charge in [-0.1, -0.05) is 47.5 Å². The van der Waals surface area contributed by atoms with Crippen LogP contribution >= 0.6 is 15.9 Å². The summed E-state index contributed by atoms with van der Waals surface area (Å²) in [6.07, 6.45) is 7.44. The standard InChI is InChI=1S/C29H35BrO3/c1-16-13-24-21-11-12-29(33)14-20(31)9-10-23(29)25(21)22(17-5-7-19(30)8-6-17)15-28(24,2)26(16)27(32)18-3-4-18/h5-8,16,18,21-22,24,26,33H,3-4,9-15H2,1-2H3/t16-,21+,22-,24+,26-,28+,29-/m1/s1. The van der Waals surface area contributed by atoms with Gasteiger partial charge in [-0.25, -0.2) is 0 Å². The minimum Gasteiger partial charge on any atom is -0.385 e. The Balaban J connectivity index is 1.50. The second-order valence-electron chi connectivity index (χ2n) is 12.1. The lowest BCUT2D eigenvalue weighted by molar-refractivity contribution is -0.131. The van der Waals surface area contributed by atoms with Crippen LogP contribution in [-0.4, -0.2) is 22.3 Å². The molecule has 6 rings (SSSR count). The van der Waals surface area contributed by atoms with Gasteiger partial charge in [-0.2, -0.15) is 0 Å². The van der Waals surface area contributed by atoms with Crippen LogP contribution in [0.2, 0.25) is 0 Å². The van der Waals surface area contributed by atoms with E-state index in [4.69, 9.17) is 0 Å². The first-order chi connectivity index (χ1) is 15.7. The molecule has 0 aliphatic heterocycles. The number of carbonyl (C=O) groups excluding carboxylic acids is 2. The number of benzene rings is 1. The third-order valence-corrected chi connectivity index (χ3v) is 10.7. The van der Waals surface area contributed by atoms with Crippen molar-refractivity contribution in [1.82, 2.24) is 0 Å². The molecule has 5 aliphatic rings. The molecule has 0 spiro atoms. The molecule has 0 radical (unpaired) electrons. The molecular weight excluding hydrogens is 476 g/mol. The Labute approximate surface area is 205 Å². The number of allylic oxidation sites excluding steroid dienone is 1. The predicted molar refractivity (Wildman–Crippen MR) is 132 cm³/mol. The highest BCUT2D eigenvalue weighted by Crippen LogP contribution is 2.68. The first-order valence-electron chi connectivity index (χ1n) is 13.0. The second kappa shape index (κ2) is 7.62. The molecule has 4 heteroatoms. The van der Waals surface area contributed by atoms with Crippen molar-refractivity contribution in [3.05, 3.63) is 45.4 Å². The largest absolute Gasteiger partial charge is 0.385 e. The van der Waals surface area contributed by atoms with E-state index in [1.807, 2.05) is 0 Å². The molecule has 0 bridgehead atoms. The Morgan fingerprint density at radius 2 is 1.85 bits per heavy atom. The van der Waals surface area contributed by atoms with Crippen LogP contribution in [0.5, 0.6) is 0 Å². The molecule has 0 unspecified atom stereocenters. The number of carbonyl (C=O) groups is 2. The minimum atomic E-state index is -0.948. The summed E-state index contributed by atoms with van der Waals surface area (Å²) in [7, 11) is 0. The first kappa shape index (κ1) is 22.2. The molecular formula is C29H35BrO3. The second-order valence-corrected chi connectivity index (χ2v) is 13.0. The maximum absolute atomic E-state index is 13.5. The monoisotopic (exact) mass is 510 g/mol. The predicted octanol–water partition coefficient (Wildman–Crippen LogP) is 6.38. The highest BCUT2D eigenvalue weighted by molar-refractivity contribution is 9.10. The van der Waals surface area contributed by atoms with Crippen molar-refractivity contribution >= 4 is 27.5 Å².